The van der Waals surface area contributed by atoms with Crippen LogP contribution in [0.2, 0.25) is 0 Å². The number of hydrogen-bond donors (Lipinski definition) is 2. The Hall–Kier alpha value is -1.55. The smallest absolute Gasteiger partial charge is 0.259 e. The Kier molecular flexibility index (Phi) is 14.5. The van der Waals surface area contributed by atoms with Gasteiger partial charge in [0.05, 0.1) is 0 Å². The summed E-state index contributed by atoms with van der Waals surface area (Å²) in [7, 11) is 5.21. The molecule has 172 valence electrons. The maximum atomic E-state index is 11.7. The number of amides is 1. The van der Waals surface area contributed by atoms with Crippen LogP contribution in [0.1, 0.15) is 39.7 Å². The summed E-state index contributed by atoms with van der Waals surface area (Å²) in [5.74, 6) is 1.40. The summed E-state index contributed by atoms with van der Waals surface area (Å²) in [6, 6.07) is 8.84. The van der Waals surface area contributed by atoms with Gasteiger partial charge in [-0.2, -0.15) is 0 Å². The quantitative estimate of drug-likeness (QED) is 0.198. The van der Waals surface area contributed by atoms with Gasteiger partial charge >= 0.3 is 0 Å². The number of benzene rings is 1. The van der Waals surface area contributed by atoms with E-state index in [1.165, 1.54) is 4.90 Å². The summed E-state index contributed by atoms with van der Waals surface area (Å²) in [5, 5.41) is 6.70. The van der Waals surface area contributed by atoms with Crippen molar-refractivity contribution < 1.29 is 9.53 Å². The van der Waals surface area contributed by atoms with Gasteiger partial charge in [0.2, 0.25) is 0 Å². The Labute approximate surface area is 199 Å². The number of hydrogen-bond acceptors (Lipinski definition) is 4. The molecule has 1 aromatic rings. The Bertz CT molecular complexity index is 642. The molecule has 8 heteroatoms. The van der Waals surface area contributed by atoms with E-state index in [1.54, 1.807) is 21.1 Å². The summed E-state index contributed by atoms with van der Waals surface area (Å²) in [4.78, 5) is 20.0. The Balaban J connectivity index is 0.00000841. The molecule has 30 heavy (non-hydrogen) atoms. The van der Waals surface area contributed by atoms with E-state index in [-0.39, 0.29) is 36.5 Å². The van der Waals surface area contributed by atoms with Crippen LogP contribution in [0.15, 0.2) is 29.3 Å². The Morgan fingerprint density at radius 3 is 2.37 bits per heavy atom. The third kappa shape index (κ3) is 11.0. The van der Waals surface area contributed by atoms with E-state index < -0.39 is 0 Å². The molecule has 0 aliphatic carbocycles. The average Bonchev–Trinajstić information content (AvgIpc) is 2.67. The van der Waals surface area contributed by atoms with Gasteiger partial charge in [-0.3, -0.25) is 14.7 Å². The second-order valence-electron chi connectivity index (χ2n) is 7.86. The zero-order chi connectivity index (χ0) is 21.8. The van der Waals surface area contributed by atoms with Gasteiger partial charge in [0, 0.05) is 52.9 Å². The van der Waals surface area contributed by atoms with E-state index in [0.29, 0.717) is 24.4 Å². The molecule has 7 nitrogen and oxygen atoms in total. The van der Waals surface area contributed by atoms with Crippen LogP contribution >= 0.6 is 24.0 Å². The lowest BCUT2D eigenvalue weighted by Crippen LogP contribution is -2.41. The highest BCUT2D eigenvalue weighted by molar-refractivity contribution is 14.0. The molecule has 1 aromatic carbocycles. The first-order valence-electron chi connectivity index (χ1n) is 10.4. The fourth-order valence-electron chi connectivity index (χ4n) is 3.01. The normalized spacial score (nSPS) is 11.5. The van der Waals surface area contributed by atoms with Crippen LogP contribution in [-0.4, -0.2) is 74.6 Å². The standard InChI is InChI=1S/C22H39N5O2.HI/c1-17(2)27(18(3)4)13-9-12-24-22(23-5)25-15-19-10-8-11-20(14-19)29-16-21(28)26(6)7;/h8,10-11,14,17-18H,9,12-13,15-16H2,1-7H3,(H2,23,24,25);1H. The minimum atomic E-state index is -0.0633. The summed E-state index contributed by atoms with van der Waals surface area (Å²) in [6.45, 7) is 11.5. The molecule has 2 N–H and O–H groups in total. The van der Waals surface area contributed by atoms with Crippen molar-refractivity contribution in [3.63, 3.8) is 0 Å². The van der Waals surface area contributed by atoms with Crippen molar-refractivity contribution in [2.75, 3.05) is 40.8 Å². The van der Waals surface area contributed by atoms with E-state index in [9.17, 15) is 4.79 Å². The van der Waals surface area contributed by atoms with Crippen LogP contribution in [0.4, 0.5) is 0 Å². The molecule has 0 saturated carbocycles. The molecule has 1 amide bonds. The summed E-state index contributed by atoms with van der Waals surface area (Å²) >= 11 is 0. The lowest BCUT2D eigenvalue weighted by atomic mass is 10.2. The van der Waals surface area contributed by atoms with Gasteiger partial charge < -0.3 is 20.3 Å². The highest BCUT2D eigenvalue weighted by atomic mass is 127. The summed E-state index contributed by atoms with van der Waals surface area (Å²) in [5.41, 5.74) is 1.06. The van der Waals surface area contributed by atoms with Gasteiger partial charge in [0.25, 0.3) is 5.91 Å². The topological polar surface area (TPSA) is 69.2 Å². The highest BCUT2D eigenvalue weighted by Gasteiger charge is 2.12. The fraction of sp³-hybridized carbons (Fsp3) is 0.636. The second kappa shape index (κ2) is 15.3. The first-order valence-corrected chi connectivity index (χ1v) is 10.4. The van der Waals surface area contributed by atoms with Crippen molar-refractivity contribution in [2.45, 2.75) is 52.7 Å². The third-order valence-electron chi connectivity index (χ3n) is 4.66. The first-order chi connectivity index (χ1) is 13.7. The van der Waals surface area contributed by atoms with E-state index in [0.717, 1.165) is 31.0 Å². The molecule has 0 unspecified atom stereocenters. The predicted octanol–water partition coefficient (Wildman–Crippen LogP) is 2.95. The molecule has 0 aliphatic rings. The molecule has 0 heterocycles. The Morgan fingerprint density at radius 1 is 1.13 bits per heavy atom. The molecule has 0 spiro atoms. The molecule has 0 bridgehead atoms. The molecule has 1 rings (SSSR count). The lowest BCUT2D eigenvalue weighted by molar-refractivity contribution is -0.130. The second-order valence-corrected chi connectivity index (χ2v) is 7.86. The largest absolute Gasteiger partial charge is 0.484 e. The monoisotopic (exact) mass is 533 g/mol. The van der Waals surface area contributed by atoms with Crippen molar-refractivity contribution in [1.29, 1.82) is 0 Å². The molecule has 0 radical (unpaired) electrons. The van der Waals surface area contributed by atoms with E-state index in [2.05, 4.69) is 48.2 Å². The number of halogens is 1. The molecular formula is C22H40IN5O2. The van der Waals surface area contributed by atoms with Gasteiger partial charge in [-0.05, 0) is 51.8 Å². The van der Waals surface area contributed by atoms with Crippen molar-refractivity contribution in [3.05, 3.63) is 29.8 Å². The zero-order valence-corrected chi connectivity index (χ0v) is 21.9. The van der Waals surface area contributed by atoms with E-state index in [1.807, 2.05) is 24.3 Å². The fourth-order valence-corrected chi connectivity index (χ4v) is 3.01. The molecule has 0 saturated heterocycles. The highest BCUT2D eigenvalue weighted by Crippen LogP contribution is 2.13. The minimum absolute atomic E-state index is 0. The number of ether oxygens (including phenoxy) is 1. The zero-order valence-electron chi connectivity index (χ0n) is 19.6. The number of rotatable bonds is 11. The third-order valence-corrected chi connectivity index (χ3v) is 4.66. The van der Waals surface area contributed by atoms with Crippen molar-refractivity contribution >= 4 is 35.8 Å². The Morgan fingerprint density at radius 2 is 1.80 bits per heavy atom. The number of carbonyl (C=O) groups is 1. The number of likely N-dealkylation sites (N-methyl/N-ethyl adjacent to an activating group) is 1. The van der Waals surface area contributed by atoms with E-state index >= 15 is 0 Å². The average molecular weight is 533 g/mol. The lowest BCUT2D eigenvalue weighted by Gasteiger charge is -2.30. The molecule has 0 aromatic heterocycles. The van der Waals surface area contributed by atoms with Crippen molar-refractivity contribution in [2.24, 2.45) is 4.99 Å². The maximum Gasteiger partial charge on any atom is 0.259 e. The summed E-state index contributed by atoms with van der Waals surface area (Å²) < 4.78 is 5.57. The van der Waals surface area contributed by atoms with E-state index in [4.69, 9.17) is 4.74 Å². The van der Waals surface area contributed by atoms with Crippen LogP contribution in [0.5, 0.6) is 5.75 Å². The number of aliphatic imine (C=N–C) groups is 1. The summed E-state index contributed by atoms with van der Waals surface area (Å²) in [6.07, 6.45) is 1.06. The number of nitrogens with zero attached hydrogens (tertiary/aromatic N) is 3. The maximum absolute atomic E-state index is 11.7. The van der Waals surface area contributed by atoms with Crippen LogP contribution in [0.25, 0.3) is 0 Å². The number of carbonyl (C=O) groups excluding carboxylic acids is 1. The van der Waals surface area contributed by atoms with Crippen LogP contribution in [0.3, 0.4) is 0 Å². The molecule has 0 atom stereocenters. The SMILES string of the molecule is CN=C(NCCCN(C(C)C)C(C)C)NCc1cccc(OCC(=O)N(C)C)c1.I. The number of guanidine groups is 1. The van der Waals surface area contributed by atoms with Crippen LogP contribution in [0, 0.1) is 0 Å². The minimum Gasteiger partial charge on any atom is -0.484 e. The molecular weight excluding hydrogens is 493 g/mol. The van der Waals surface area contributed by atoms with Gasteiger partial charge in [0.15, 0.2) is 12.6 Å². The van der Waals surface area contributed by atoms with Gasteiger partial charge in [-0.1, -0.05) is 12.1 Å². The first kappa shape index (κ1) is 28.5. The van der Waals surface area contributed by atoms with Crippen LogP contribution in [-0.2, 0) is 11.3 Å². The van der Waals surface area contributed by atoms with Crippen molar-refractivity contribution in [1.82, 2.24) is 20.4 Å². The van der Waals surface area contributed by atoms with Crippen molar-refractivity contribution in [3.8, 4) is 5.75 Å². The van der Waals surface area contributed by atoms with Gasteiger partial charge in [-0.15, -0.1) is 24.0 Å². The van der Waals surface area contributed by atoms with Gasteiger partial charge in [-0.25, -0.2) is 0 Å². The molecule has 0 aliphatic heterocycles. The molecule has 0 fully saturated rings. The number of nitrogens with one attached hydrogen (secondary N) is 2. The van der Waals surface area contributed by atoms with Crippen LogP contribution < -0.4 is 15.4 Å². The predicted molar refractivity (Wildman–Crippen MR) is 136 cm³/mol. The van der Waals surface area contributed by atoms with Gasteiger partial charge in [0.1, 0.15) is 5.75 Å².